The number of fused-ring (bicyclic) bond motifs is 1. The van der Waals surface area contributed by atoms with Gasteiger partial charge in [-0.2, -0.15) is 0 Å². The number of hydrogen-bond acceptors (Lipinski definition) is 4. The Bertz CT molecular complexity index is 864. The summed E-state index contributed by atoms with van der Waals surface area (Å²) >= 11 is 7.26. The zero-order valence-electron chi connectivity index (χ0n) is 14.1. The molecule has 0 spiro atoms. The first-order valence-corrected chi connectivity index (χ1v) is 9.41. The van der Waals surface area contributed by atoms with Crippen molar-refractivity contribution >= 4 is 40.4 Å². The van der Waals surface area contributed by atoms with Crippen molar-refractivity contribution in [1.82, 2.24) is 9.88 Å². The van der Waals surface area contributed by atoms with Crippen LogP contribution in [0.5, 0.6) is 0 Å². The van der Waals surface area contributed by atoms with Crippen molar-refractivity contribution in [3.63, 3.8) is 0 Å². The van der Waals surface area contributed by atoms with E-state index in [9.17, 15) is 4.79 Å². The Hall–Kier alpha value is -1.98. The summed E-state index contributed by atoms with van der Waals surface area (Å²) in [4.78, 5) is 18.9. The normalized spacial score (nSPS) is 11.2. The molecule has 4 nitrogen and oxygen atoms in total. The number of benzene rings is 2. The highest BCUT2D eigenvalue weighted by atomic mass is 35.5. The Balaban J connectivity index is 1.66. The van der Waals surface area contributed by atoms with Gasteiger partial charge in [-0.1, -0.05) is 53.7 Å². The number of thioether (sulfide) groups is 1. The van der Waals surface area contributed by atoms with Crippen molar-refractivity contribution < 1.29 is 9.21 Å². The van der Waals surface area contributed by atoms with Crippen molar-refractivity contribution in [2.75, 3.05) is 5.75 Å². The molecular formula is C19H19ClN2O2S. The van der Waals surface area contributed by atoms with Crippen LogP contribution in [-0.4, -0.2) is 27.6 Å². The Labute approximate surface area is 156 Å². The van der Waals surface area contributed by atoms with Gasteiger partial charge in [0.2, 0.25) is 5.91 Å². The molecule has 0 aliphatic carbocycles. The van der Waals surface area contributed by atoms with Gasteiger partial charge in [0.05, 0.1) is 5.75 Å². The van der Waals surface area contributed by atoms with Gasteiger partial charge in [0.15, 0.2) is 5.58 Å². The second-order valence-electron chi connectivity index (χ2n) is 5.98. The fourth-order valence-electron chi connectivity index (χ4n) is 2.48. The molecular weight excluding hydrogens is 356 g/mol. The molecule has 6 heteroatoms. The highest BCUT2D eigenvalue weighted by Gasteiger charge is 2.19. The molecule has 0 saturated carbocycles. The molecule has 0 fully saturated rings. The molecule has 0 aliphatic rings. The third kappa shape index (κ3) is 4.55. The summed E-state index contributed by atoms with van der Waals surface area (Å²) in [7, 11) is 0. The van der Waals surface area contributed by atoms with Crippen LogP contribution in [0.2, 0.25) is 5.02 Å². The van der Waals surface area contributed by atoms with Crippen LogP contribution < -0.4 is 0 Å². The van der Waals surface area contributed by atoms with Gasteiger partial charge in [-0.05, 0) is 31.5 Å². The lowest BCUT2D eigenvalue weighted by Crippen LogP contribution is -2.37. The Morgan fingerprint density at radius 2 is 2.00 bits per heavy atom. The van der Waals surface area contributed by atoms with Crippen LogP contribution in [0.1, 0.15) is 19.4 Å². The smallest absolute Gasteiger partial charge is 0.257 e. The minimum atomic E-state index is 0.0594. The van der Waals surface area contributed by atoms with E-state index in [1.54, 1.807) is 12.1 Å². The van der Waals surface area contributed by atoms with Gasteiger partial charge in [0.1, 0.15) is 5.52 Å². The molecule has 0 unspecified atom stereocenters. The topological polar surface area (TPSA) is 46.3 Å². The van der Waals surface area contributed by atoms with Crippen LogP contribution in [-0.2, 0) is 11.3 Å². The molecule has 25 heavy (non-hydrogen) atoms. The van der Waals surface area contributed by atoms with Crippen LogP contribution >= 0.6 is 23.4 Å². The number of carbonyl (C=O) groups excluding carboxylic acids is 1. The largest absolute Gasteiger partial charge is 0.431 e. The molecule has 0 N–H and O–H groups in total. The monoisotopic (exact) mass is 374 g/mol. The fourth-order valence-corrected chi connectivity index (χ4v) is 3.37. The number of nitrogens with zero attached hydrogens (tertiary/aromatic N) is 2. The molecule has 1 heterocycles. The minimum Gasteiger partial charge on any atom is -0.431 e. The van der Waals surface area contributed by atoms with Crippen molar-refractivity contribution in [2.24, 2.45) is 0 Å². The van der Waals surface area contributed by atoms with Crippen molar-refractivity contribution in [3.8, 4) is 0 Å². The predicted octanol–water partition coefficient (Wildman–Crippen LogP) is 5.01. The molecule has 0 aliphatic heterocycles. The standard InChI is InChI=1S/C19H19ClN2O2S/c1-13(2)22(11-14-6-4-3-5-7-14)18(23)12-25-19-21-16-9-8-15(20)10-17(16)24-19/h3-10,13H,11-12H2,1-2H3. The zero-order valence-corrected chi connectivity index (χ0v) is 15.7. The van der Waals surface area contributed by atoms with E-state index in [2.05, 4.69) is 4.98 Å². The third-order valence-electron chi connectivity index (χ3n) is 3.79. The van der Waals surface area contributed by atoms with Crippen LogP contribution in [0.3, 0.4) is 0 Å². The molecule has 1 amide bonds. The van der Waals surface area contributed by atoms with E-state index in [4.69, 9.17) is 16.0 Å². The summed E-state index contributed by atoms with van der Waals surface area (Å²) in [5.41, 5.74) is 2.49. The molecule has 0 atom stereocenters. The van der Waals surface area contributed by atoms with E-state index >= 15 is 0 Å². The first-order chi connectivity index (χ1) is 12.0. The summed E-state index contributed by atoms with van der Waals surface area (Å²) in [6.07, 6.45) is 0. The van der Waals surface area contributed by atoms with Gasteiger partial charge in [-0.25, -0.2) is 4.98 Å². The quantitative estimate of drug-likeness (QED) is 0.569. The SMILES string of the molecule is CC(C)N(Cc1ccccc1)C(=O)CSc1nc2ccc(Cl)cc2o1. The summed E-state index contributed by atoms with van der Waals surface area (Å²) in [5.74, 6) is 0.343. The summed E-state index contributed by atoms with van der Waals surface area (Å²) in [6.45, 7) is 4.64. The molecule has 1 aromatic heterocycles. The van der Waals surface area contributed by atoms with Gasteiger partial charge >= 0.3 is 0 Å². The van der Waals surface area contributed by atoms with Gasteiger partial charge < -0.3 is 9.32 Å². The third-order valence-corrected chi connectivity index (χ3v) is 4.84. The van der Waals surface area contributed by atoms with Crippen molar-refractivity contribution in [3.05, 3.63) is 59.1 Å². The summed E-state index contributed by atoms with van der Waals surface area (Å²) in [5, 5.41) is 1.08. The average molecular weight is 375 g/mol. The van der Waals surface area contributed by atoms with Gasteiger partial charge in [0, 0.05) is 23.7 Å². The van der Waals surface area contributed by atoms with Crippen molar-refractivity contribution in [1.29, 1.82) is 0 Å². The molecule has 0 saturated heterocycles. The average Bonchev–Trinajstić information content (AvgIpc) is 3.00. The fraction of sp³-hybridized carbons (Fsp3) is 0.263. The first-order valence-electron chi connectivity index (χ1n) is 8.05. The van der Waals surface area contributed by atoms with Gasteiger partial charge in [0.25, 0.3) is 5.22 Å². The number of oxazole rings is 1. The van der Waals surface area contributed by atoms with Crippen LogP contribution in [0.4, 0.5) is 0 Å². The van der Waals surface area contributed by atoms with E-state index in [0.29, 0.717) is 22.4 Å². The maximum atomic E-state index is 12.6. The zero-order chi connectivity index (χ0) is 17.8. The maximum Gasteiger partial charge on any atom is 0.257 e. The lowest BCUT2D eigenvalue weighted by molar-refractivity contribution is -0.130. The van der Waals surface area contributed by atoms with E-state index in [-0.39, 0.29) is 17.7 Å². The summed E-state index contributed by atoms with van der Waals surface area (Å²) < 4.78 is 5.65. The molecule has 0 bridgehead atoms. The van der Waals surface area contributed by atoms with E-state index < -0.39 is 0 Å². The molecule has 3 aromatic rings. The first kappa shape index (κ1) is 17.8. The lowest BCUT2D eigenvalue weighted by atomic mass is 10.2. The van der Waals surface area contributed by atoms with Gasteiger partial charge in [-0.3, -0.25) is 4.79 Å². The highest BCUT2D eigenvalue weighted by molar-refractivity contribution is 7.99. The number of halogens is 1. The second kappa shape index (κ2) is 7.93. The Morgan fingerprint density at radius 1 is 1.24 bits per heavy atom. The number of carbonyl (C=O) groups is 1. The van der Waals surface area contributed by atoms with Gasteiger partial charge in [-0.15, -0.1) is 0 Å². The number of aromatic nitrogens is 1. The van der Waals surface area contributed by atoms with Crippen molar-refractivity contribution in [2.45, 2.75) is 31.7 Å². The molecule has 130 valence electrons. The minimum absolute atomic E-state index is 0.0594. The molecule has 0 radical (unpaired) electrons. The van der Waals surface area contributed by atoms with E-state index in [0.717, 1.165) is 11.1 Å². The lowest BCUT2D eigenvalue weighted by Gasteiger charge is -2.26. The Morgan fingerprint density at radius 3 is 2.72 bits per heavy atom. The molecule has 3 rings (SSSR count). The van der Waals surface area contributed by atoms with Crippen LogP contribution in [0, 0.1) is 0 Å². The number of rotatable bonds is 6. The Kier molecular flexibility index (Phi) is 5.66. The number of amides is 1. The molecule has 2 aromatic carbocycles. The van der Waals surface area contributed by atoms with E-state index in [1.807, 2.05) is 55.1 Å². The summed E-state index contributed by atoms with van der Waals surface area (Å²) in [6, 6.07) is 15.4. The van der Waals surface area contributed by atoms with Crippen LogP contribution in [0.15, 0.2) is 58.2 Å². The maximum absolute atomic E-state index is 12.6. The highest BCUT2D eigenvalue weighted by Crippen LogP contribution is 2.26. The second-order valence-corrected chi connectivity index (χ2v) is 7.34. The predicted molar refractivity (Wildman–Crippen MR) is 102 cm³/mol. The van der Waals surface area contributed by atoms with Crippen LogP contribution in [0.25, 0.3) is 11.1 Å². The number of hydrogen-bond donors (Lipinski definition) is 0. The van der Waals surface area contributed by atoms with E-state index in [1.165, 1.54) is 11.8 Å².